The number of alkyl halides is 3. The molecule has 0 saturated carbocycles. The molecule has 4 atom stereocenters. The summed E-state index contributed by atoms with van der Waals surface area (Å²) in [5, 5.41) is 20.0. The number of hydrogen-bond donors (Lipinski definition) is 4. The summed E-state index contributed by atoms with van der Waals surface area (Å²) in [6, 6.07) is 12.5. The highest BCUT2D eigenvalue weighted by Gasteiger charge is 2.45. The standard InChI is InChI=1S/C31H34F3N5O8/c1-18(2)27(37-30(45)47-16-20-10-6-4-7-11-20)29(44)35-19(3)28(43)36-22(14-26(41)42)23(40)17-46-25-15-24(31(32,33)34)38-39(25)21-12-8-5-9-13-21/h4-13,15,18-19,22,25,27H,14,16-17H2,1-3H3,(H3-,35,36,37,41,42,43,44,45)/p+1/t19-,22-,25?,27-/m0/s1. The lowest BCUT2D eigenvalue weighted by Gasteiger charge is -2.24. The molecule has 252 valence electrons. The number of carbonyl (C=O) groups is 5. The Balaban J connectivity index is 1.61. The average molecular weight is 663 g/mol. The molecule has 47 heavy (non-hydrogen) atoms. The van der Waals surface area contributed by atoms with Crippen molar-refractivity contribution >= 4 is 35.3 Å². The lowest BCUT2D eigenvalue weighted by atomic mass is 10.0. The van der Waals surface area contributed by atoms with E-state index in [9.17, 15) is 42.3 Å². The topological polar surface area (TPSA) is 175 Å². The molecule has 0 saturated heterocycles. The smallest absolute Gasteiger partial charge is 0.439 e. The van der Waals surface area contributed by atoms with Crippen molar-refractivity contribution in [2.45, 2.75) is 64.3 Å². The number of ether oxygens (including phenoxy) is 2. The Morgan fingerprint density at radius 3 is 2.11 bits per heavy atom. The average Bonchev–Trinajstić information content (AvgIpc) is 3.46. The number of carboxylic acid groups (broad SMARTS) is 1. The number of benzene rings is 2. The number of para-hydroxylation sites is 1. The number of alkyl carbamates (subject to hydrolysis) is 1. The van der Waals surface area contributed by atoms with Gasteiger partial charge in [-0.15, -0.1) is 0 Å². The van der Waals surface area contributed by atoms with Crippen molar-refractivity contribution in [3.05, 3.63) is 78.0 Å². The summed E-state index contributed by atoms with van der Waals surface area (Å²) in [7, 11) is 0. The van der Waals surface area contributed by atoms with Crippen molar-refractivity contribution in [2.24, 2.45) is 11.0 Å². The Morgan fingerprint density at radius 2 is 1.53 bits per heavy atom. The molecular formula is C31H35F3N5O8+. The predicted octanol–water partition coefficient (Wildman–Crippen LogP) is 3.57. The number of allylic oxidation sites excluding steroid dienone is 1. The SMILES string of the molecule is CC(C)[C@H](NC(=O)OCc1ccccc1)C(=O)N[C@@H](C)C(=O)N[C@@H](CC(=O)O)C(=O)COC1C=C(C(F)(F)F)N=[N+]1c1ccccc1. The number of ketones is 1. The van der Waals surface area contributed by atoms with E-state index in [0.29, 0.717) is 6.08 Å². The molecule has 0 fully saturated rings. The van der Waals surface area contributed by atoms with Crippen molar-refractivity contribution in [3.63, 3.8) is 0 Å². The maximum absolute atomic E-state index is 13.4. The molecule has 4 N–H and O–H groups in total. The van der Waals surface area contributed by atoms with Crippen molar-refractivity contribution in [3.8, 4) is 0 Å². The third-order valence-corrected chi connectivity index (χ3v) is 6.74. The fraction of sp³-hybridized carbons (Fsp3) is 0.387. The second-order valence-electron chi connectivity index (χ2n) is 10.8. The zero-order valence-corrected chi connectivity index (χ0v) is 25.7. The van der Waals surface area contributed by atoms with E-state index < -0.39 is 84.8 Å². The van der Waals surface area contributed by atoms with Crippen LogP contribution in [0.4, 0.5) is 23.7 Å². The van der Waals surface area contributed by atoms with Crippen LogP contribution in [0.15, 0.2) is 77.6 Å². The molecule has 2 aromatic carbocycles. The van der Waals surface area contributed by atoms with Crippen molar-refractivity contribution < 1.29 is 56.4 Å². The highest BCUT2D eigenvalue weighted by molar-refractivity contribution is 5.95. The van der Waals surface area contributed by atoms with Crippen molar-refractivity contribution in [2.75, 3.05) is 6.61 Å². The zero-order chi connectivity index (χ0) is 34.7. The first-order valence-corrected chi connectivity index (χ1v) is 14.4. The molecule has 3 amide bonds. The number of rotatable bonds is 15. The van der Waals surface area contributed by atoms with Gasteiger partial charge in [0.05, 0.1) is 12.5 Å². The van der Waals surface area contributed by atoms with Crippen molar-refractivity contribution in [1.29, 1.82) is 0 Å². The Bertz CT molecular complexity index is 1500. The van der Waals surface area contributed by atoms with Crippen LogP contribution in [0.1, 0.15) is 32.8 Å². The quantitative estimate of drug-likeness (QED) is 0.209. The van der Waals surface area contributed by atoms with Crippen LogP contribution in [0.25, 0.3) is 0 Å². The van der Waals surface area contributed by atoms with Gasteiger partial charge in [-0.25, -0.2) is 4.79 Å². The van der Waals surface area contributed by atoms with Crippen LogP contribution in [0.5, 0.6) is 0 Å². The molecule has 0 bridgehead atoms. The fourth-order valence-corrected chi connectivity index (χ4v) is 4.25. The van der Waals surface area contributed by atoms with E-state index in [-0.39, 0.29) is 12.3 Å². The molecule has 1 aliphatic rings. The summed E-state index contributed by atoms with van der Waals surface area (Å²) in [4.78, 5) is 62.7. The number of amides is 3. The van der Waals surface area contributed by atoms with E-state index in [1.165, 1.54) is 19.1 Å². The maximum Gasteiger partial charge on any atom is 0.439 e. The van der Waals surface area contributed by atoms with Crippen LogP contribution in [0.2, 0.25) is 0 Å². The van der Waals surface area contributed by atoms with Crippen LogP contribution < -0.4 is 16.0 Å². The largest absolute Gasteiger partial charge is 0.481 e. The third-order valence-electron chi connectivity index (χ3n) is 6.74. The summed E-state index contributed by atoms with van der Waals surface area (Å²) < 4.78 is 51.6. The highest BCUT2D eigenvalue weighted by atomic mass is 19.4. The Labute approximate surface area is 267 Å². The summed E-state index contributed by atoms with van der Waals surface area (Å²) in [5.41, 5.74) is -0.292. The van der Waals surface area contributed by atoms with Gasteiger partial charge in [0, 0.05) is 17.2 Å². The number of aliphatic carboxylic acids is 1. The number of Topliss-reactive ketones (excluding diaryl/α,β-unsaturated/α-hetero) is 1. The lowest BCUT2D eigenvalue weighted by molar-refractivity contribution is -0.578. The van der Waals surface area contributed by atoms with Crippen LogP contribution in [0.3, 0.4) is 0 Å². The van der Waals surface area contributed by atoms with Gasteiger partial charge in [-0.3, -0.25) is 19.2 Å². The summed E-state index contributed by atoms with van der Waals surface area (Å²) in [6.45, 7) is 3.65. The Kier molecular flexibility index (Phi) is 12.7. The minimum absolute atomic E-state index is 0.0415. The van der Waals surface area contributed by atoms with E-state index in [0.717, 1.165) is 10.3 Å². The van der Waals surface area contributed by atoms with Crippen LogP contribution in [0, 0.1) is 5.92 Å². The van der Waals surface area contributed by atoms with Crippen LogP contribution >= 0.6 is 0 Å². The van der Waals surface area contributed by atoms with E-state index >= 15 is 0 Å². The number of carboxylic acids is 1. The molecule has 16 heteroatoms. The van der Waals surface area contributed by atoms with E-state index in [2.05, 4.69) is 21.1 Å². The van der Waals surface area contributed by atoms with Gasteiger partial charge in [0.2, 0.25) is 23.2 Å². The first-order chi connectivity index (χ1) is 22.1. The number of nitrogens with one attached hydrogen (secondary N) is 3. The number of azo groups is 2. The molecular weight excluding hydrogens is 627 g/mol. The van der Waals surface area contributed by atoms with Crippen LogP contribution in [-0.2, 0) is 35.3 Å². The highest BCUT2D eigenvalue weighted by Crippen LogP contribution is 2.33. The Morgan fingerprint density at radius 1 is 0.915 bits per heavy atom. The first kappa shape index (κ1) is 36.3. The van der Waals surface area contributed by atoms with Gasteiger partial charge in [-0.05, 0) is 18.4 Å². The van der Waals surface area contributed by atoms with Crippen LogP contribution in [-0.4, -0.2) is 76.6 Å². The minimum Gasteiger partial charge on any atom is -0.481 e. The number of hydrogen-bond acceptors (Lipinski definition) is 8. The number of nitrogens with zero attached hydrogens (tertiary/aromatic N) is 2. The molecule has 3 rings (SSSR count). The maximum atomic E-state index is 13.4. The summed E-state index contributed by atoms with van der Waals surface area (Å²) >= 11 is 0. The molecule has 13 nitrogen and oxygen atoms in total. The fourth-order valence-electron chi connectivity index (χ4n) is 4.25. The molecule has 1 heterocycles. The zero-order valence-electron chi connectivity index (χ0n) is 25.7. The van der Waals surface area contributed by atoms with Gasteiger partial charge in [-0.2, -0.15) is 13.2 Å². The molecule has 2 aromatic rings. The van der Waals surface area contributed by atoms with Gasteiger partial charge in [-0.1, -0.05) is 67.1 Å². The molecule has 0 spiro atoms. The van der Waals surface area contributed by atoms with E-state index in [4.69, 9.17) is 9.47 Å². The second kappa shape index (κ2) is 16.4. The molecule has 0 radical (unpaired) electrons. The third kappa shape index (κ3) is 11.0. The summed E-state index contributed by atoms with van der Waals surface area (Å²) in [5.74, 6) is -4.53. The Hall–Kier alpha value is -5.12. The molecule has 0 aliphatic carbocycles. The van der Waals surface area contributed by atoms with E-state index in [1.54, 1.807) is 62.4 Å². The van der Waals surface area contributed by atoms with Gasteiger partial charge in [0.15, 0.2) is 5.78 Å². The summed E-state index contributed by atoms with van der Waals surface area (Å²) in [6.07, 6.45) is -7.34. The van der Waals surface area contributed by atoms with Gasteiger partial charge < -0.3 is 30.5 Å². The minimum atomic E-state index is -4.80. The second-order valence-corrected chi connectivity index (χ2v) is 10.8. The monoisotopic (exact) mass is 662 g/mol. The lowest BCUT2D eigenvalue weighted by Crippen LogP contribution is -2.56. The van der Waals surface area contributed by atoms with Gasteiger partial charge in [0.1, 0.15) is 31.3 Å². The van der Waals surface area contributed by atoms with E-state index in [1.807, 2.05) is 0 Å². The number of halogens is 3. The molecule has 1 aliphatic heterocycles. The normalized spacial score (nSPS) is 16.3. The molecule has 1 unspecified atom stereocenters. The molecule has 0 aromatic heterocycles. The van der Waals surface area contributed by atoms with Crippen molar-refractivity contribution in [1.82, 2.24) is 16.0 Å². The van der Waals surface area contributed by atoms with Gasteiger partial charge in [0.25, 0.3) is 0 Å². The number of carbonyl (C=O) groups excluding carboxylic acids is 4. The first-order valence-electron chi connectivity index (χ1n) is 14.4. The predicted molar refractivity (Wildman–Crippen MR) is 158 cm³/mol. The van der Waals surface area contributed by atoms with Gasteiger partial charge >= 0.3 is 24.5 Å².